The van der Waals surface area contributed by atoms with Crippen molar-refractivity contribution < 1.29 is 9.53 Å². The molecule has 14 heavy (non-hydrogen) atoms. The molecule has 1 aromatic heterocycles. The van der Waals surface area contributed by atoms with Crippen molar-refractivity contribution >= 4 is 5.97 Å². The molecule has 1 aromatic rings. The van der Waals surface area contributed by atoms with Gasteiger partial charge in [0, 0.05) is 12.4 Å². The van der Waals surface area contributed by atoms with E-state index in [1.807, 2.05) is 0 Å². The Hall–Kier alpha value is -1.38. The molecule has 0 amide bonds. The molecule has 0 radical (unpaired) electrons. The van der Waals surface area contributed by atoms with Crippen molar-refractivity contribution in [2.45, 2.75) is 31.8 Å². The third kappa shape index (κ3) is 2.10. The predicted molar refractivity (Wildman–Crippen MR) is 51.9 cm³/mol. The molecular weight excluding hydrogens is 178 g/mol. The zero-order chi connectivity index (χ0) is 9.80. The maximum Gasteiger partial charge on any atom is 0.338 e. The highest BCUT2D eigenvalue weighted by atomic mass is 16.5. The molecule has 0 aromatic carbocycles. The monoisotopic (exact) mass is 191 g/mol. The van der Waals surface area contributed by atoms with Gasteiger partial charge in [-0.25, -0.2) is 4.79 Å². The summed E-state index contributed by atoms with van der Waals surface area (Å²) in [7, 11) is 0. The van der Waals surface area contributed by atoms with Crippen LogP contribution in [0.25, 0.3) is 0 Å². The Morgan fingerprint density at radius 2 is 1.93 bits per heavy atom. The van der Waals surface area contributed by atoms with E-state index in [4.69, 9.17) is 4.74 Å². The van der Waals surface area contributed by atoms with Gasteiger partial charge < -0.3 is 4.74 Å². The first-order chi connectivity index (χ1) is 6.86. The second-order valence-electron chi connectivity index (χ2n) is 3.55. The van der Waals surface area contributed by atoms with Crippen LogP contribution in [0.15, 0.2) is 24.5 Å². The van der Waals surface area contributed by atoms with Crippen molar-refractivity contribution in [1.29, 1.82) is 0 Å². The summed E-state index contributed by atoms with van der Waals surface area (Å²) in [6.45, 7) is 0. The van der Waals surface area contributed by atoms with E-state index in [2.05, 4.69) is 4.98 Å². The molecular formula is C11H13NO2. The van der Waals surface area contributed by atoms with E-state index in [-0.39, 0.29) is 12.1 Å². The average molecular weight is 191 g/mol. The van der Waals surface area contributed by atoms with Crippen molar-refractivity contribution in [3.8, 4) is 0 Å². The van der Waals surface area contributed by atoms with Gasteiger partial charge in [0.25, 0.3) is 0 Å². The van der Waals surface area contributed by atoms with Gasteiger partial charge in [0.05, 0.1) is 5.56 Å². The molecule has 1 heterocycles. The lowest BCUT2D eigenvalue weighted by Gasteiger charge is -2.10. The zero-order valence-corrected chi connectivity index (χ0v) is 7.98. The average Bonchev–Trinajstić information content (AvgIpc) is 2.72. The smallest absolute Gasteiger partial charge is 0.338 e. The number of aromatic nitrogens is 1. The fourth-order valence-electron chi connectivity index (χ4n) is 1.71. The molecule has 1 saturated carbocycles. The van der Waals surface area contributed by atoms with E-state index >= 15 is 0 Å². The Labute approximate surface area is 83.1 Å². The minimum absolute atomic E-state index is 0.135. The molecule has 3 heteroatoms. The van der Waals surface area contributed by atoms with Crippen LogP contribution in [0.2, 0.25) is 0 Å². The number of esters is 1. The normalized spacial score (nSPS) is 16.9. The Morgan fingerprint density at radius 3 is 2.57 bits per heavy atom. The Bertz CT molecular complexity index is 304. The van der Waals surface area contributed by atoms with Gasteiger partial charge in [-0.05, 0) is 37.8 Å². The van der Waals surface area contributed by atoms with E-state index in [9.17, 15) is 4.79 Å². The fraction of sp³-hybridized carbons (Fsp3) is 0.455. The highest BCUT2D eigenvalue weighted by Gasteiger charge is 2.19. The van der Waals surface area contributed by atoms with Crippen molar-refractivity contribution in [3.63, 3.8) is 0 Å². The highest BCUT2D eigenvalue weighted by Crippen LogP contribution is 2.21. The molecule has 2 rings (SSSR count). The molecule has 0 saturated heterocycles. The first kappa shape index (κ1) is 9.19. The van der Waals surface area contributed by atoms with Gasteiger partial charge in [-0.3, -0.25) is 4.98 Å². The molecule has 0 N–H and O–H groups in total. The molecule has 0 unspecified atom stereocenters. The van der Waals surface area contributed by atoms with E-state index in [1.54, 1.807) is 24.5 Å². The molecule has 0 atom stereocenters. The van der Waals surface area contributed by atoms with E-state index in [0.717, 1.165) is 12.8 Å². The Morgan fingerprint density at radius 1 is 1.29 bits per heavy atom. The van der Waals surface area contributed by atoms with Crippen LogP contribution in [-0.4, -0.2) is 17.1 Å². The second kappa shape index (κ2) is 4.22. The largest absolute Gasteiger partial charge is 0.459 e. The van der Waals surface area contributed by atoms with Gasteiger partial charge >= 0.3 is 5.97 Å². The summed E-state index contributed by atoms with van der Waals surface area (Å²) in [5, 5.41) is 0. The van der Waals surface area contributed by atoms with Crippen LogP contribution in [0.5, 0.6) is 0 Å². The van der Waals surface area contributed by atoms with Crippen LogP contribution in [-0.2, 0) is 4.74 Å². The first-order valence-electron chi connectivity index (χ1n) is 4.97. The van der Waals surface area contributed by atoms with Gasteiger partial charge in [0.2, 0.25) is 0 Å². The first-order valence-corrected chi connectivity index (χ1v) is 4.97. The summed E-state index contributed by atoms with van der Waals surface area (Å²) >= 11 is 0. The predicted octanol–water partition coefficient (Wildman–Crippen LogP) is 2.18. The summed E-state index contributed by atoms with van der Waals surface area (Å²) in [4.78, 5) is 15.4. The van der Waals surface area contributed by atoms with Crippen molar-refractivity contribution in [3.05, 3.63) is 30.1 Å². The molecule has 3 nitrogen and oxygen atoms in total. The van der Waals surface area contributed by atoms with Gasteiger partial charge in [0.1, 0.15) is 6.10 Å². The van der Waals surface area contributed by atoms with Crippen LogP contribution >= 0.6 is 0 Å². The quantitative estimate of drug-likeness (QED) is 0.672. The van der Waals surface area contributed by atoms with Gasteiger partial charge in [-0.2, -0.15) is 0 Å². The number of ether oxygens (including phenoxy) is 1. The van der Waals surface area contributed by atoms with E-state index < -0.39 is 0 Å². The summed E-state index contributed by atoms with van der Waals surface area (Å²) < 4.78 is 5.33. The Kier molecular flexibility index (Phi) is 2.77. The number of carbonyl (C=O) groups excluding carboxylic acids is 1. The number of rotatable bonds is 2. The molecule has 1 aliphatic carbocycles. The second-order valence-corrected chi connectivity index (χ2v) is 3.55. The van der Waals surface area contributed by atoms with Gasteiger partial charge in [-0.15, -0.1) is 0 Å². The lowest BCUT2D eigenvalue weighted by atomic mass is 10.2. The summed E-state index contributed by atoms with van der Waals surface area (Å²) in [6, 6.07) is 3.36. The van der Waals surface area contributed by atoms with Crippen molar-refractivity contribution in [2.24, 2.45) is 0 Å². The van der Waals surface area contributed by atoms with Crippen LogP contribution in [0.3, 0.4) is 0 Å². The molecule has 0 bridgehead atoms. The summed E-state index contributed by atoms with van der Waals surface area (Å²) in [5.74, 6) is -0.223. The molecule has 1 fully saturated rings. The van der Waals surface area contributed by atoms with Crippen molar-refractivity contribution in [1.82, 2.24) is 4.98 Å². The maximum atomic E-state index is 11.6. The van der Waals surface area contributed by atoms with Crippen LogP contribution in [0.4, 0.5) is 0 Å². The number of hydrogen-bond acceptors (Lipinski definition) is 3. The summed E-state index contributed by atoms with van der Waals surface area (Å²) in [5.41, 5.74) is 0.590. The number of hydrogen-bond donors (Lipinski definition) is 0. The zero-order valence-electron chi connectivity index (χ0n) is 7.98. The number of carbonyl (C=O) groups is 1. The van der Waals surface area contributed by atoms with Crippen molar-refractivity contribution in [2.75, 3.05) is 0 Å². The lowest BCUT2D eigenvalue weighted by Crippen LogP contribution is -2.14. The topological polar surface area (TPSA) is 39.2 Å². The van der Waals surface area contributed by atoms with E-state index in [1.165, 1.54) is 12.8 Å². The fourth-order valence-corrected chi connectivity index (χ4v) is 1.71. The molecule has 0 spiro atoms. The maximum absolute atomic E-state index is 11.6. The SMILES string of the molecule is O=C(OC1CCCC1)c1ccncc1. The highest BCUT2D eigenvalue weighted by molar-refractivity contribution is 5.89. The van der Waals surface area contributed by atoms with Crippen LogP contribution in [0.1, 0.15) is 36.0 Å². The number of nitrogens with zero attached hydrogens (tertiary/aromatic N) is 1. The third-order valence-corrected chi connectivity index (χ3v) is 2.49. The molecule has 1 aliphatic rings. The van der Waals surface area contributed by atoms with Crippen LogP contribution in [0, 0.1) is 0 Å². The lowest BCUT2D eigenvalue weighted by molar-refractivity contribution is 0.0318. The summed E-state index contributed by atoms with van der Waals surface area (Å²) in [6.07, 6.45) is 7.71. The third-order valence-electron chi connectivity index (χ3n) is 2.49. The van der Waals surface area contributed by atoms with E-state index in [0.29, 0.717) is 5.56 Å². The standard InChI is InChI=1S/C11H13NO2/c13-11(9-5-7-12-8-6-9)14-10-3-1-2-4-10/h5-8,10H,1-4H2. The minimum atomic E-state index is -0.223. The number of pyridine rings is 1. The molecule has 74 valence electrons. The van der Waals surface area contributed by atoms with Gasteiger partial charge in [-0.1, -0.05) is 0 Å². The van der Waals surface area contributed by atoms with Crippen LogP contribution < -0.4 is 0 Å². The Balaban J connectivity index is 1.95. The minimum Gasteiger partial charge on any atom is -0.459 e. The van der Waals surface area contributed by atoms with Gasteiger partial charge in [0.15, 0.2) is 0 Å². The molecule has 0 aliphatic heterocycles.